The van der Waals surface area contributed by atoms with Crippen LogP contribution in [0.3, 0.4) is 0 Å². The van der Waals surface area contributed by atoms with Gasteiger partial charge in [0.2, 0.25) is 5.91 Å². The molecule has 2 spiro atoms. The van der Waals surface area contributed by atoms with Crippen LogP contribution in [0.15, 0.2) is 0 Å². The standard InChI is InChI=1S/C39H61N3O7/c1-23(2)32(49-35(46)41-16-7-17-41)27-10-8-26-33(47-27)31(44)30-25-9-11-28-36(4,5)29(48-34(45)42-20-18-40(19-21-42)24(3)43)12-13-39(28)22-38(25,39)15-14-37(26,30)6/h23,25-33,44H,7-22H2,1-6H3. The van der Waals surface area contributed by atoms with Crippen molar-refractivity contribution in [3.8, 4) is 0 Å². The molecular weight excluding hydrogens is 622 g/mol. The summed E-state index contributed by atoms with van der Waals surface area (Å²) in [7, 11) is 0. The average Bonchev–Trinajstić information content (AvgIpc) is 3.65. The molecule has 3 aliphatic heterocycles. The van der Waals surface area contributed by atoms with Gasteiger partial charge in [-0.05, 0) is 110 Å². The highest BCUT2D eigenvalue weighted by molar-refractivity contribution is 5.74. The molecule has 0 aromatic rings. The molecule has 0 aromatic heterocycles. The van der Waals surface area contributed by atoms with Crippen molar-refractivity contribution in [1.29, 1.82) is 0 Å². The minimum atomic E-state index is -0.498. The van der Waals surface area contributed by atoms with E-state index in [0.717, 1.165) is 64.5 Å². The molecule has 3 amide bonds. The number of hydrogen-bond acceptors (Lipinski definition) is 7. The molecule has 5 saturated carbocycles. The monoisotopic (exact) mass is 683 g/mol. The number of ether oxygens (including phenoxy) is 3. The molecule has 12 unspecified atom stereocenters. The smallest absolute Gasteiger partial charge is 0.410 e. The maximum atomic E-state index is 13.4. The first-order chi connectivity index (χ1) is 23.2. The number of carbonyl (C=O) groups excluding carboxylic acids is 3. The van der Waals surface area contributed by atoms with Crippen LogP contribution in [-0.4, -0.2) is 108 Å². The maximum absolute atomic E-state index is 13.4. The first-order valence-electron chi connectivity index (χ1n) is 19.7. The molecule has 274 valence electrons. The van der Waals surface area contributed by atoms with Gasteiger partial charge >= 0.3 is 12.2 Å². The van der Waals surface area contributed by atoms with Crippen molar-refractivity contribution in [2.75, 3.05) is 39.3 Å². The third-order valence-electron chi connectivity index (χ3n) is 16.2. The number of carbonyl (C=O) groups is 3. The van der Waals surface area contributed by atoms with E-state index in [1.165, 1.54) is 12.8 Å². The van der Waals surface area contributed by atoms with E-state index < -0.39 is 6.10 Å². The van der Waals surface area contributed by atoms with E-state index in [1.807, 2.05) is 0 Å². The van der Waals surface area contributed by atoms with Gasteiger partial charge in [-0.15, -0.1) is 0 Å². The summed E-state index contributed by atoms with van der Waals surface area (Å²) in [4.78, 5) is 43.3. The first kappa shape index (κ1) is 34.0. The minimum Gasteiger partial charge on any atom is -0.446 e. The van der Waals surface area contributed by atoms with E-state index in [9.17, 15) is 19.5 Å². The van der Waals surface area contributed by atoms with Crippen LogP contribution in [0.2, 0.25) is 0 Å². The summed E-state index contributed by atoms with van der Waals surface area (Å²) in [5, 5.41) is 12.3. The van der Waals surface area contributed by atoms with Crippen LogP contribution in [-0.2, 0) is 19.0 Å². The molecular formula is C39H61N3O7. The number of nitrogens with zero attached hydrogens (tertiary/aromatic N) is 3. The summed E-state index contributed by atoms with van der Waals surface area (Å²) < 4.78 is 19.3. The lowest BCUT2D eigenvalue weighted by Gasteiger charge is -2.59. The van der Waals surface area contributed by atoms with E-state index in [0.29, 0.717) is 43.9 Å². The maximum Gasteiger partial charge on any atom is 0.410 e. The van der Waals surface area contributed by atoms with Gasteiger partial charge in [0.15, 0.2) is 0 Å². The van der Waals surface area contributed by atoms with Crippen LogP contribution < -0.4 is 0 Å². The minimum absolute atomic E-state index is 0.0535. The Kier molecular flexibility index (Phi) is 8.14. The SMILES string of the molecule is CC(=O)N1CCN(C(=O)OC2CCC34CC35CCC3(C)C6CCC(C(OC(=O)N7CCC7)C(C)C)OC6C(O)C3C5CCC4C2(C)C)CC1. The zero-order valence-electron chi connectivity index (χ0n) is 30.8. The fraction of sp³-hybridized carbons (Fsp3) is 0.923. The Bertz CT molecular complexity index is 1340. The normalized spacial score (nSPS) is 45.5. The molecule has 0 radical (unpaired) electrons. The van der Waals surface area contributed by atoms with Gasteiger partial charge in [0.25, 0.3) is 0 Å². The van der Waals surface area contributed by atoms with Gasteiger partial charge in [-0.2, -0.15) is 0 Å². The number of hydrogen-bond donors (Lipinski definition) is 1. The number of likely N-dealkylation sites (tertiary alicyclic amines) is 1. The third-order valence-corrected chi connectivity index (χ3v) is 16.2. The van der Waals surface area contributed by atoms with Crippen molar-refractivity contribution >= 4 is 18.1 Å². The molecule has 0 aromatic carbocycles. The van der Waals surface area contributed by atoms with Crippen molar-refractivity contribution in [3.63, 3.8) is 0 Å². The van der Waals surface area contributed by atoms with Gasteiger partial charge in [0.1, 0.15) is 12.2 Å². The highest BCUT2D eigenvalue weighted by Gasteiger charge is 2.82. The number of aliphatic hydroxyl groups is 1. The Morgan fingerprint density at radius 3 is 2.12 bits per heavy atom. The Morgan fingerprint density at radius 1 is 0.796 bits per heavy atom. The highest BCUT2D eigenvalue weighted by atomic mass is 16.6. The second kappa shape index (κ2) is 11.7. The summed E-state index contributed by atoms with van der Waals surface area (Å²) in [6.07, 6.45) is 9.00. The summed E-state index contributed by atoms with van der Waals surface area (Å²) in [6.45, 7) is 16.7. The second-order valence-corrected chi connectivity index (χ2v) is 18.7. The van der Waals surface area contributed by atoms with Crippen molar-refractivity contribution in [3.05, 3.63) is 0 Å². The van der Waals surface area contributed by atoms with Crippen LogP contribution in [0, 0.1) is 51.2 Å². The molecule has 10 nitrogen and oxygen atoms in total. The lowest BCUT2D eigenvalue weighted by Crippen LogP contribution is -2.57. The van der Waals surface area contributed by atoms with Gasteiger partial charge < -0.3 is 34.0 Å². The largest absolute Gasteiger partial charge is 0.446 e. The number of aliphatic hydroxyl groups excluding tert-OH is 1. The van der Waals surface area contributed by atoms with Crippen LogP contribution in [0.25, 0.3) is 0 Å². The predicted octanol–water partition coefficient (Wildman–Crippen LogP) is 5.70. The summed E-state index contributed by atoms with van der Waals surface area (Å²) in [5.41, 5.74) is 0.456. The topological polar surface area (TPSA) is 109 Å². The van der Waals surface area contributed by atoms with Crippen LogP contribution in [0.4, 0.5) is 9.59 Å². The fourth-order valence-electron chi connectivity index (χ4n) is 13.5. The quantitative estimate of drug-likeness (QED) is 0.405. The Balaban J connectivity index is 0.957. The summed E-state index contributed by atoms with van der Waals surface area (Å²) in [6, 6.07) is 0. The van der Waals surface area contributed by atoms with Crippen molar-refractivity contribution in [1.82, 2.24) is 14.7 Å². The van der Waals surface area contributed by atoms with Crippen LogP contribution in [0.5, 0.6) is 0 Å². The Labute approximate surface area is 292 Å². The molecule has 1 N–H and O–H groups in total. The van der Waals surface area contributed by atoms with Crippen LogP contribution >= 0.6 is 0 Å². The van der Waals surface area contributed by atoms with Crippen LogP contribution in [0.1, 0.15) is 106 Å². The molecule has 8 rings (SSSR count). The van der Waals surface area contributed by atoms with E-state index in [1.54, 1.807) is 21.6 Å². The molecule has 3 saturated heterocycles. The Morgan fingerprint density at radius 2 is 1.47 bits per heavy atom. The van der Waals surface area contributed by atoms with Gasteiger partial charge in [0, 0.05) is 51.6 Å². The molecule has 3 heterocycles. The average molecular weight is 684 g/mol. The second-order valence-electron chi connectivity index (χ2n) is 18.7. The van der Waals surface area contributed by atoms with E-state index >= 15 is 0 Å². The highest BCUT2D eigenvalue weighted by Crippen LogP contribution is 2.87. The van der Waals surface area contributed by atoms with Gasteiger partial charge in [0.05, 0.1) is 18.3 Å². The third kappa shape index (κ3) is 4.94. The van der Waals surface area contributed by atoms with Gasteiger partial charge in [-0.3, -0.25) is 4.79 Å². The van der Waals surface area contributed by atoms with Gasteiger partial charge in [-0.1, -0.05) is 34.6 Å². The lowest BCUT2D eigenvalue weighted by atomic mass is 9.46. The molecule has 0 bridgehead atoms. The van der Waals surface area contributed by atoms with E-state index in [-0.39, 0.29) is 76.0 Å². The predicted molar refractivity (Wildman–Crippen MR) is 182 cm³/mol. The fourth-order valence-corrected chi connectivity index (χ4v) is 13.5. The summed E-state index contributed by atoms with van der Waals surface area (Å²) >= 11 is 0. The lowest BCUT2D eigenvalue weighted by molar-refractivity contribution is -0.165. The molecule has 5 aliphatic carbocycles. The van der Waals surface area contributed by atoms with Crippen molar-refractivity contribution in [2.45, 2.75) is 136 Å². The van der Waals surface area contributed by atoms with E-state index in [4.69, 9.17) is 14.2 Å². The summed E-state index contributed by atoms with van der Waals surface area (Å²) in [5.74, 6) is 1.74. The molecule has 8 aliphatic rings. The number of rotatable bonds is 4. The molecule has 8 fully saturated rings. The van der Waals surface area contributed by atoms with E-state index in [2.05, 4.69) is 34.6 Å². The zero-order valence-corrected chi connectivity index (χ0v) is 30.8. The zero-order chi connectivity index (χ0) is 34.7. The van der Waals surface area contributed by atoms with Crippen molar-refractivity contribution < 1.29 is 33.7 Å². The first-order valence-corrected chi connectivity index (χ1v) is 19.7. The van der Waals surface area contributed by atoms with Crippen molar-refractivity contribution in [2.24, 2.45) is 51.2 Å². The number of amides is 3. The molecule has 10 heteroatoms. The van der Waals surface area contributed by atoms with Gasteiger partial charge in [-0.25, -0.2) is 9.59 Å². The Hall–Kier alpha value is -2.07. The number of fused-ring (bicyclic) bond motifs is 4. The number of piperazine rings is 1. The molecule has 12 atom stereocenters. The molecule has 49 heavy (non-hydrogen) atoms.